The third kappa shape index (κ3) is 12.3. The lowest BCUT2D eigenvalue weighted by Crippen LogP contribution is -2.40. The zero-order valence-corrected chi connectivity index (χ0v) is 40.7. The Bertz CT molecular complexity index is 2280. The standard InChI is InChI=1S/C49H68N7O8P/c1-32(2)29-50-47-52-45-44(46(58)53-47)51-31-55(45)43-28-40(64-65(56(33(3)4)34(5)6)62-27-15-18-42(57)54-48(7,8)9)41(63-43)30-61-49(35-16-13-12-14-17-35,36-19-23-38(59-10)24-20-36)37-21-25-39(60-11)26-22-37/h12-14,16-17,19-26,31-34,40-41,43H,15,18,27-30H2,1-11H3,(H,54,57)(H2,50,52,53,58)/t40-,41+,43+,65?/m0/s1. The van der Waals surface area contributed by atoms with E-state index >= 15 is 0 Å². The Labute approximate surface area is 384 Å². The monoisotopic (exact) mass is 913 g/mol. The molecule has 65 heavy (non-hydrogen) atoms. The van der Waals surface area contributed by atoms with Gasteiger partial charge in [0.05, 0.1) is 39.9 Å². The van der Waals surface area contributed by atoms with Gasteiger partial charge in [0.25, 0.3) is 14.1 Å². The van der Waals surface area contributed by atoms with Gasteiger partial charge in [-0.3, -0.25) is 19.1 Å². The number of benzene rings is 3. The molecule has 4 atom stereocenters. The highest BCUT2D eigenvalue weighted by Crippen LogP contribution is 2.51. The van der Waals surface area contributed by atoms with Crippen molar-refractivity contribution in [3.8, 4) is 11.5 Å². The Morgan fingerprint density at radius 2 is 1.51 bits per heavy atom. The van der Waals surface area contributed by atoms with E-state index in [9.17, 15) is 9.59 Å². The number of aromatic nitrogens is 4. The van der Waals surface area contributed by atoms with Gasteiger partial charge >= 0.3 is 0 Å². The van der Waals surface area contributed by atoms with E-state index in [0.29, 0.717) is 61.4 Å². The molecule has 5 aromatic rings. The molecule has 0 aliphatic carbocycles. The van der Waals surface area contributed by atoms with Gasteiger partial charge in [-0.2, -0.15) is 4.98 Å². The second-order valence-corrected chi connectivity index (χ2v) is 19.8. The topological polar surface area (TPSA) is 163 Å². The number of hydrogen-bond acceptors (Lipinski definition) is 12. The number of nitrogens with one attached hydrogen (secondary N) is 3. The summed E-state index contributed by atoms with van der Waals surface area (Å²) in [6.45, 7) is 19.6. The molecular formula is C49H68N7O8P. The minimum absolute atomic E-state index is 0.0293. The summed E-state index contributed by atoms with van der Waals surface area (Å²) in [5, 5.41) is 6.29. The van der Waals surface area contributed by atoms with Crippen molar-refractivity contribution in [2.75, 3.05) is 39.3 Å². The number of anilines is 1. The number of carbonyl (C=O) groups is 1. The van der Waals surface area contributed by atoms with Crippen molar-refractivity contribution < 1.29 is 32.8 Å². The number of amides is 1. The first-order valence-corrected chi connectivity index (χ1v) is 23.7. The van der Waals surface area contributed by atoms with Crippen LogP contribution in [0.4, 0.5) is 5.95 Å². The van der Waals surface area contributed by atoms with E-state index in [1.165, 1.54) is 0 Å². The molecule has 1 aliphatic rings. The number of ether oxygens (including phenoxy) is 4. The third-order valence-corrected chi connectivity index (χ3v) is 13.1. The summed E-state index contributed by atoms with van der Waals surface area (Å²) in [5.74, 6) is 2.08. The van der Waals surface area contributed by atoms with Gasteiger partial charge < -0.3 is 38.6 Å². The van der Waals surface area contributed by atoms with Crippen LogP contribution < -0.4 is 25.7 Å². The minimum Gasteiger partial charge on any atom is -0.497 e. The molecule has 3 heterocycles. The Morgan fingerprint density at radius 1 is 0.908 bits per heavy atom. The van der Waals surface area contributed by atoms with Gasteiger partial charge in [0.15, 0.2) is 11.2 Å². The highest BCUT2D eigenvalue weighted by Gasteiger charge is 2.45. The van der Waals surface area contributed by atoms with Gasteiger partial charge in [0.2, 0.25) is 11.9 Å². The van der Waals surface area contributed by atoms with Crippen LogP contribution in [0.1, 0.15) is 104 Å². The van der Waals surface area contributed by atoms with E-state index in [1.807, 2.05) is 87.5 Å². The van der Waals surface area contributed by atoms with Crippen molar-refractivity contribution >= 4 is 31.5 Å². The predicted octanol–water partition coefficient (Wildman–Crippen LogP) is 8.94. The first kappa shape index (κ1) is 49.5. The highest BCUT2D eigenvalue weighted by atomic mass is 31.2. The van der Waals surface area contributed by atoms with E-state index in [-0.39, 0.29) is 41.2 Å². The first-order valence-electron chi connectivity index (χ1n) is 22.6. The smallest absolute Gasteiger partial charge is 0.280 e. The number of H-pyrrole nitrogens is 1. The molecule has 2 aromatic heterocycles. The molecule has 0 bridgehead atoms. The maximum atomic E-state index is 13.3. The zero-order chi connectivity index (χ0) is 46.9. The Balaban J connectivity index is 1.41. The van der Waals surface area contributed by atoms with Crippen LogP contribution in [0.2, 0.25) is 0 Å². The summed E-state index contributed by atoms with van der Waals surface area (Å²) in [6.07, 6.45) is 0.959. The molecular weight excluding hydrogens is 846 g/mol. The largest absolute Gasteiger partial charge is 0.497 e. The van der Waals surface area contributed by atoms with Crippen LogP contribution in [-0.2, 0) is 28.9 Å². The SMILES string of the molecule is COc1ccc(C(OC[C@H]2O[C@@H](n3cnc4c(=O)[nH]c(NCC(C)C)nc43)C[C@@H]2OP(OCCCC(=O)NC(C)(C)C)N(C(C)C)C(C)C)(c2ccccc2)c2ccc(OC)cc2)cc1. The van der Waals surface area contributed by atoms with Crippen molar-refractivity contribution in [2.45, 2.75) is 123 Å². The molecule has 0 spiro atoms. The molecule has 3 aromatic carbocycles. The average Bonchev–Trinajstić information content (AvgIpc) is 3.88. The van der Waals surface area contributed by atoms with Crippen LogP contribution in [0, 0.1) is 5.92 Å². The van der Waals surface area contributed by atoms with Gasteiger partial charge in [-0.25, -0.2) is 9.65 Å². The zero-order valence-electron chi connectivity index (χ0n) is 39.8. The van der Waals surface area contributed by atoms with Crippen molar-refractivity contribution in [2.24, 2.45) is 5.92 Å². The summed E-state index contributed by atoms with van der Waals surface area (Å²) < 4.78 is 43.5. The van der Waals surface area contributed by atoms with E-state index in [1.54, 1.807) is 25.1 Å². The quantitative estimate of drug-likeness (QED) is 0.0344. The molecule has 15 nitrogen and oxygen atoms in total. The Morgan fingerprint density at radius 3 is 2.06 bits per heavy atom. The van der Waals surface area contributed by atoms with Crippen LogP contribution in [-0.4, -0.2) is 93.9 Å². The van der Waals surface area contributed by atoms with Crippen LogP contribution in [0.3, 0.4) is 0 Å². The summed E-state index contributed by atoms with van der Waals surface area (Å²) >= 11 is 0. The number of aromatic amines is 1. The fourth-order valence-corrected chi connectivity index (χ4v) is 9.83. The summed E-state index contributed by atoms with van der Waals surface area (Å²) in [4.78, 5) is 38.2. The number of rotatable bonds is 22. The van der Waals surface area contributed by atoms with Crippen LogP contribution in [0.5, 0.6) is 11.5 Å². The fourth-order valence-electron chi connectivity index (χ4n) is 8.03. The molecule has 1 saturated heterocycles. The second kappa shape index (κ2) is 22.1. The Kier molecular flexibility index (Phi) is 16.8. The molecule has 16 heteroatoms. The van der Waals surface area contributed by atoms with Crippen LogP contribution in [0.15, 0.2) is 90.0 Å². The van der Waals surface area contributed by atoms with Crippen LogP contribution >= 0.6 is 8.53 Å². The number of carbonyl (C=O) groups excluding carboxylic acids is 1. The van der Waals surface area contributed by atoms with Crippen molar-refractivity contribution in [3.63, 3.8) is 0 Å². The fraction of sp³-hybridized carbons (Fsp3) is 0.510. The maximum absolute atomic E-state index is 13.3. The summed E-state index contributed by atoms with van der Waals surface area (Å²) in [6, 6.07) is 26.0. The lowest BCUT2D eigenvalue weighted by atomic mass is 9.80. The Hall–Kier alpha value is -4.89. The highest BCUT2D eigenvalue weighted by molar-refractivity contribution is 7.44. The molecule has 3 N–H and O–H groups in total. The van der Waals surface area contributed by atoms with Crippen molar-refractivity contribution in [1.82, 2.24) is 29.5 Å². The third-order valence-electron chi connectivity index (χ3n) is 11.0. The van der Waals surface area contributed by atoms with Gasteiger partial charge in [-0.1, -0.05) is 68.4 Å². The normalized spacial score (nSPS) is 17.4. The molecule has 1 fully saturated rings. The molecule has 0 radical (unpaired) electrons. The lowest BCUT2D eigenvalue weighted by molar-refractivity contribution is -0.122. The lowest BCUT2D eigenvalue weighted by Gasteiger charge is -2.39. The molecule has 1 amide bonds. The second-order valence-electron chi connectivity index (χ2n) is 18.4. The molecule has 1 aliphatic heterocycles. The van der Waals surface area contributed by atoms with Crippen LogP contribution in [0.25, 0.3) is 11.2 Å². The summed E-state index contributed by atoms with van der Waals surface area (Å²) in [7, 11) is 1.61. The number of methoxy groups -OCH3 is 2. The molecule has 1 unspecified atom stereocenters. The van der Waals surface area contributed by atoms with Gasteiger partial charge in [-0.15, -0.1) is 0 Å². The van der Waals surface area contributed by atoms with E-state index < -0.39 is 32.6 Å². The number of fused-ring (bicyclic) bond motifs is 1. The van der Waals surface area contributed by atoms with Gasteiger partial charge in [-0.05, 0) is 102 Å². The van der Waals surface area contributed by atoms with Crippen molar-refractivity contribution in [1.29, 1.82) is 0 Å². The molecule has 0 saturated carbocycles. The molecule has 352 valence electrons. The van der Waals surface area contributed by atoms with E-state index in [2.05, 4.69) is 78.9 Å². The maximum Gasteiger partial charge on any atom is 0.280 e. The predicted molar refractivity (Wildman–Crippen MR) is 255 cm³/mol. The van der Waals surface area contributed by atoms with Gasteiger partial charge in [0, 0.05) is 37.0 Å². The first-order chi connectivity index (χ1) is 31.0. The molecule has 6 rings (SSSR count). The van der Waals surface area contributed by atoms with E-state index in [0.717, 1.165) is 16.7 Å². The van der Waals surface area contributed by atoms with Gasteiger partial charge in [0.1, 0.15) is 29.4 Å². The number of imidazole rings is 1. The summed E-state index contributed by atoms with van der Waals surface area (Å²) in [5.41, 5.74) is 1.43. The van der Waals surface area contributed by atoms with E-state index in [4.69, 9.17) is 33.0 Å². The number of hydrogen-bond donors (Lipinski definition) is 3. The number of nitrogens with zero attached hydrogens (tertiary/aromatic N) is 4. The minimum atomic E-state index is -1.68. The average molecular weight is 914 g/mol. The van der Waals surface area contributed by atoms with Crippen molar-refractivity contribution in [3.05, 3.63) is 112 Å².